The Morgan fingerprint density at radius 3 is 2.58 bits per heavy atom. The molecule has 90 heavy (non-hydrogen) atoms. The van der Waals surface area contributed by atoms with Crippen molar-refractivity contribution in [3.63, 3.8) is 0 Å². The number of fused-ring (bicyclic) bond motifs is 7. The molecule has 0 unspecified atom stereocenters. The Hall–Kier alpha value is -3.06. The molecule has 8 heterocycles. The van der Waals surface area contributed by atoms with Crippen LogP contribution < -0.4 is 10.2 Å². The first-order chi connectivity index (χ1) is 43.0. The number of piperidine rings is 1. The smallest absolute Gasteiger partial charge is 0.234 e. The van der Waals surface area contributed by atoms with Gasteiger partial charge in [-0.05, 0) is 196 Å². The summed E-state index contributed by atoms with van der Waals surface area (Å²) in [6, 6.07) is 5.25. The van der Waals surface area contributed by atoms with Crippen LogP contribution in [0, 0.1) is 110 Å². The van der Waals surface area contributed by atoms with Crippen LogP contribution in [-0.2, 0) is 25.5 Å². The average molecular weight is 1270 g/mol. The Balaban J connectivity index is 0.860. The van der Waals surface area contributed by atoms with E-state index in [0.717, 1.165) is 49.3 Å². The van der Waals surface area contributed by atoms with E-state index in [2.05, 4.69) is 62.2 Å². The van der Waals surface area contributed by atoms with Gasteiger partial charge in [0.25, 0.3) is 0 Å². The molecule has 8 aliphatic heterocycles. The summed E-state index contributed by atoms with van der Waals surface area (Å²) in [7, 11) is 2.50. The van der Waals surface area contributed by atoms with Gasteiger partial charge in [0.2, 0.25) is 5.91 Å². The molecule has 0 aromatic heterocycles. The Labute approximate surface area is 538 Å². The summed E-state index contributed by atoms with van der Waals surface area (Å²) in [4.78, 5) is 35.0. The maximum atomic E-state index is 17.1. The van der Waals surface area contributed by atoms with Crippen molar-refractivity contribution in [2.45, 2.75) is 208 Å². The number of ketones is 1. The third kappa shape index (κ3) is 8.09. The molecule has 17 aliphatic rings. The van der Waals surface area contributed by atoms with E-state index < -0.39 is 110 Å². The van der Waals surface area contributed by atoms with Crippen molar-refractivity contribution >= 4 is 39.0 Å². The van der Waals surface area contributed by atoms with Gasteiger partial charge in [-0.2, -0.15) is 0 Å². The van der Waals surface area contributed by atoms with Crippen molar-refractivity contribution < 1.29 is 65.0 Å². The number of carbonyl (C=O) groups is 2. The Morgan fingerprint density at radius 1 is 0.944 bits per heavy atom. The van der Waals surface area contributed by atoms with Crippen molar-refractivity contribution in [2.24, 2.45) is 98.1 Å². The number of nitrogens with one attached hydrogen (secondary N) is 1. The molecule has 10 N–H and O–H groups in total. The van der Waals surface area contributed by atoms with Gasteiger partial charge in [0.1, 0.15) is 28.5 Å². The summed E-state index contributed by atoms with van der Waals surface area (Å²) >= 11 is 0. The number of anilines is 1. The number of aromatic hydroxyl groups is 1. The molecular weight excluding hydrogens is 1180 g/mol. The number of ether oxygens (including phenoxy) is 2. The van der Waals surface area contributed by atoms with Crippen LogP contribution in [0.2, 0.25) is 0 Å². The van der Waals surface area contributed by atoms with Crippen LogP contribution in [0.4, 0.5) is 5.69 Å². The number of amides is 1. The number of aliphatic hydroxyl groups is 8. The number of hydrogen-bond donors (Lipinski definition) is 10. The first-order valence-corrected chi connectivity index (χ1v) is 37.1. The minimum atomic E-state index is -2.05. The van der Waals surface area contributed by atoms with Crippen molar-refractivity contribution in [1.29, 1.82) is 0 Å². The molecule has 27 atom stereocenters. The maximum absolute atomic E-state index is 17.1. The molecule has 5 spiro atoms. The van der Waals surface area contributed by atoms with Gasteiger partial charge in [0, 0.05) is 77.2 Å². The van der Waals surface area contributed by atoms with E-state index in [0.29, 0.717) is 92.4 Å². The molecule has 17 heteroatoms. The van der Waals surface area contributed by atoms with Gasteiger partial charge < -0.3 is 65.6 Å². The van der Waals surface area contributed by atoms with Crippen molar-refractivity contribution in [3.8, 4) is 17.6 Å². The number of rotatable bonds is 5. The quantitative estimate of drug-likeness (QED) is 0.0594. The highest BCUT2D eigenvalue weighted by atomic mass is 33.1. The van der Waals surface area contributed by atoms with Crippen molar-refractivity contribution in [2.75, 3.05) is 37.0 Å². The molecule has 1 aromatic rings. The van der Waals surface area contributed by atoms with Gasteiger partial charge in [-0.15, -0.1) is 5.92 Å². The number of aryl methyl sites for hydroxylation is 1. The molecule has 11 bridgehead atoms. The SMILES string of the molecule is CC(C)[C@@H](C)[C@@H]1O[C@H]1[C@@]1(O)CC=C[C@@H]2C[C@H]3C4=CC(=O)[C@@]5(C[C@@H](O)[C@](O)(CO)C[C@]35C)[C@H](O)SSC[C@@H]3CCC[C@H](CO)[C@]35C(=O)N(C[C@@]53C[C@H]5C#CC[C@H]6CC[C@]7(C6)N[C@@H](C[C@@H]6C=C8C=CCO[C@H]8C[C@H]67)[C@@H]5[C@@H]3O)c3cc(O)cc(c3)CC[C@]23[C@@H]1CC[C@@]43O. The van der Waals surface area contributed by atoms with Crippen molar-refractivity contribution in [3.05, 3.63) is 71.4 Å². The lowest BCUT2D eigenvalue weighted by Gasteiger charge is -2.68. The fraction of sp³-hybridized carbons (Fsp3) is 0.753. The molecule has 9 fully saturated rings. The fourth-order valence-corrected chi connectivity index (χ4v) is 27.9. The number of allylic oxidation sites excluding steroid dienone is 3. The lowest BCUT2D eigenvalue weighted by atomic mass is 9.38. The van der Waals surface area contributed by atoms with E-state index in [9.17, 15) is 46.0 Å². The third-order valence-corrected chi connectivity index (χ3v) is 31.8. The van der Waals surface area contributed by atoms with Gasteiger partial charge in [0.05, 0.1) is 54.1 Å². The summed E-state index contributed by atoms with van der Waals surface area (Å²) < 4.78 is 13.0. The van der Waals surface area contributed by atoms with Gasteiger partial charge in [-0.1, -0.05) is 92.0 Å². The van der Waals surface area contributed by atoms with Gasteiger partial charge >= 0.3 is 0 Å². The predicted molar refractivity (Wildman–Crippen MR) is 342 cm³/mol. The molecule has 3 saturated heterocycles. The maximum Gasteiger partial charge on any atom is 0.234 e. The summed E-state index contributed by atoms with van der Waals surface area (Å²) in [5.41, 5.74) is -10.6. The van der Waals surface area contributed by atoms with Crippen LogP contribution in [0.3, 0.4) is 0 Å². The molecule has 1 aromatic carbocycles. The molecule has 18 rings (SSSR count). The van der Waals surface area contributed by atoms with Crippen LogP contribution in [0.25, 0.3) is 0 Å². The van der Waals surface area contributed by atoms with E-state index in [-0.39, 0.29) is 104 Å². The highest BCUT2D eigenvalue weighted by Gasteiger charge is 2.80. The number of phenols is 1. The van der Waals surface area contributed by atoms with Crippen LogP contribution in [0.15, 0.2) is 65.8 Å². The van der Waals surface area contributed by atoms with Crippen molar-refractivity contribution in [1.82, 2.24) is 5.32 Å². The predicted octanol–water partition coefficient (Wildman–Crippen LogP) is 7.48. The van der Waals surface area contributed by atoms with Gasteiger partial charge in [0.15, 0.2) is 5.78 Å². The minimum Gasteiger partial charge on any atom is -0.508 e. The van der Waals surface area contributed by atoms with Crippen LogP contribution in [-0.4, -0.2) is 154 Å². The molecule has 1 amide bonds. The van der Waals surface area contributed by atoms with Gasteiger partial charge in [-0.3, -0.25) is 9.59 Å². The summed E-state index contributed by atoms with van der Waals surface area (Å²) in [6.07, 6.45) is 18.4. The van der Waals surface area contributed by atoms with Crippen LogP contribution in [0.1, 0.15) is 142 Å². The van der Waals surface area contributed by atoms with E-state index >= 15 is 9.59 Å². The Kier molecular flexibility index (Phi) is 14.6. The monoisotopic (exact) mass is 1270 g/mol. The largest absolute Gasteiger partial charge is 0.508 e. The molecule has 0 radical (unpaired) electrons. The minimum absolute atomic E-state index is 0.0410. The fourth-order valence-electron chi connectivity index (χ4n) is 24.9. The average Bonchev–Trinajstić information content (AvgIpc) is 1.27. The highest BCUT2D eigenvalue weighted by Crippen LogP contribution is 2.77. The normalized spacial score (nSPS) is 52.3. The Bertz CT molecular complexity index is 3330. The van der Waals surface area contributed by atoms with Crippen LogP contribution >= 0.6 is 21.6 Å². The first-order valence-electron chi connectivity index (χ1n) is 34.7. The molecule has 9 aliphatic carbocycles. The highest BCUT2D eigenvalue weighted by molar-refractivity contribution is 8.76. The van der Waals surface area contributed by atoms with Crippen LogP contribution in [0.5, 0.6) is 5.75 Å². The number of hydrogen-bond acceptors (Lipinski definition) is 16. The number of phenolic OH excluding ortho intramolecular Hbond substituents is 1. The summed E-state index contributed by atoms with van der Waals surface area (Å²) in [5.74, 6) is 5.30. The number of benzene rings is 1. The zero-order valence-corrected chi connectivity index (χ0v) is 54.5. The van der Waals surface area contributed by atoms with E-state index in [1.54, 1.807) is 18.2 Å². The second-order valence-electron chi connectivity index (χ2n) is 32.7. The summed E-state index contributed by atoms with van der Waals surface area (Å²) in [6.45, 7) is 8.02. The number of nitrogens with zero attached hydrogens (tertiary/aromatic N) is 1. The number of carbonyl (C=O) groups excluding carboxylic acids is 2. The second kappa shape index (κ2) is 21.2. The zero-order chi connectivity index (χ0) is 62.7. The topological polar surface area (TPSA) is 253 Å². The molecular formula is C73H96N2O13S2. The lowest BCUT2D eigenvalue weighted by molar-refractivity contribution is -0.235. The molecule has 6 saturated carbocycles. The standard InChI is InChI=1S/C73H96N2O13S2/c1-39(2)40(3)60-62(88-60)71(85)18-7-14-46-27-52-53-30-57(79)70(33-58(80)68(84,38-77)36-65(52,70)4)64(83)90-89-35-48-13-6-12-47(34-76)73(48)63(82)75(49-23-42(24-50(78)28-49)16-20-69(46)56(71)17-21-72(53,69)86)37-66(73)32-44-10-5-9-41-15-19-67(31-41)51-29-55-43(11-8-22-87-55)25-45(51)26-54(74-67)59(44)61(66)81/h7-8,11,14,23-25,28,30,39-41,44-48,51-52,54-56,58-62,64,74,76-78,80-81,83-86H,6,9,12-13,15-22,26-27,29,31-38H2,1-4H3/t40-,41+,44-,45+,46-,47-,48+,51-,52+,54+,55+,56+,58-,59-,60+,61+,62-,64-,65-,66-,67-,68-,69-,70+,71-,72-,73-/m1/s1. The lowest BCUT2D eigenvalue weighted by Crippen LogP contribution is -2.72. The molecule has 488 valence electrons. The summed E-state index contributed by atoms with van der Waals surface area (Å²) in [5, 5.41) is 120. The third-order valence-electron chi connectivity index (χ3n) is 29.2. The first kappa shape index (κ1) is 61.8. The second-order valence-corrected chi connectivity index (χ2v) is 35.2. The van der Waals surface area contributed by atoms with Gasteiger partial charge in [-0.25, -0.2) is 0 Å². The Morgan fingerprint density at radius 2 is 1.78 bits per heavy atom. The van der Waals surface area contributed by atoms with E-state index in [1.165, 1.54) is 16.4 Å². The zero-order valence-electron chi connectivity index (χ0n) is 52.9. The number of aliphatic hydroxyl groups excluding tert-OH is 5. The van der Waals surface area contributed by atoms with E-state index in [1.807, 2.05) is 24.0 Å². The number of epoxide rings is 1. The molecule has 15 nitrogen and oxygen atoms in total. The van der Waals surface area contributed by atoms with E-state index in [4.69, 9.17) is 9.47 Å².